The molecule has 0 saturated carbocycles. The normalized spacial score (nSPS) is 14.2. The lowest BCUT2D eigenvalue weighted by atomic mass is 10.1. The molecule has 0 spiro atoms. The first-order chi connectivity index (χ1) is 5.91. The van der Waals surface area contributed by atoms with Crippen molar-refractivity contribution in [1.82, 2.24) is 0 Å². The minimum absolute atomic E-state index is 0.167. The Kier molecular flexibility index (Phi) is 2.83. The van der Waals surface area contributed by atoms with Gasteiger partial charge in [-0.1, -0.05) is 23.7 Å². The summed E-state index contributed by atoms with van der Waals surface area (Å²) < 4.78 is 35.9. The third-order valence-electron chi connectivity index (χ3n) is 1.47. The summed E-state index contributed by atoms with van der Waals surface area (Å²) in [6.45, 7) is 0. The van der Waals surface area contributed by atoms with Crippen LogP contribution in [0.25, 0.3) is 0 Å². The second kappa shape index (κ2) is 3.55. The van der Waals surface area contributed by atoms with Crippen molar-refractivity contribution in [2.75, 3.05) is 0 Å². The molecule has 0 amide bonds. The van der Waals surface area contributed by atoms with Gasteiger partial charge in [-0.2, -0.15) is 13.2 Å². The van der Waals surface area contributed by atoms with Gasteiger partial charge >= 0.3 is 6.18 Å². The molecule has 0 saturated heterocycles. The van der Waals surface area contributed by atoms with Crippen molar-refractivity contribution in [1.29, 1.82) is 0 Å². The molecule has 1 nitrogen and oxygen atoms in total. The average Bonchev–Trinajstić information content (AvgIpc) is 2.01. The minimum atomic E-state index is -4.65. The lowest BCUT2D eigenvalue weighted by Gasteiger charge is -2.14. The molecule has 0 aliphatic heterocycles. The maximum absolute atomic E-state index is 12.0. The SMILES string of the molecule is OC(c1cccc(Cl)c1)C(F)(F)F. The molecule has 0 fully saturated rings. The molecule has 1 atom stereocenters. The number of alkyl halides is 3. The summed E-state index contributed by atoms with van der Waals surface area (Å²) in [6, 6.07) is 5.05. The molecule has 0 bridgehead atoms. The molecule has 1 N–H and O–H groups in total. The largest absolute Gasteiger partial charge is 0.418 e. The van der Waals surface area contributed by atoms with Crippen molar-refractivity contribution >= 4 is 11.6 Å². The molecule has 1 rings (SSSR count). The topological polar surface area (TPSA) is 20.2 Å². The van der Waals surface area contributed by atoms with Crippen LogP contribution in [0.2, 0.25) is 5.02 Å². The van der Waals surface area contributed by atoms with Gasteiger partial charge in [0.2, 0.25) is 0 Å². The van der Waals surface area contributed by atoms with E-state index in [1.54, 1.807) is 0 Å². The van der Waals surface area contributed by atoms with Gasteiger partial charge in [-0.15, -0.1) is 0 Å². The summed E-state index contributed by atoms with van der Waals surface area (Å²) in [4.78, 5) is 0. The van der Waals surface area contributed by atoms with Gasteiger partial charge in [0.25, 0.3) is 0 Å². The van der Waals surface area contributed by atoms with Crippen LogP contribution in [0, 0.1) is 0 Å². The van der Waals surface area contributed by atoms with Gasteiger partial charge in [0.1, 0.15) is 0 Å². The Labute approximate surface area is 77.8 Å². The minimum Gasteiger partial charge on any atom is -0.379 e. The van der Waals surface area contributed by atoms with Crippen LogP contribution in [-0.2, 0) is 0 Å². The fraction of sp³-hybridized carbons (Fsp3) is 0.250. The van der Waals surface area contributed by atoms with Crippen molar-refractivity contribution < 1.29 is 18.3 Å². The fourth-order valence-electron chi connectivity index (χ4n) is 0.866. The second-order valence-electron chi connectivity index (χ2n) is 2.50. The van der Waals surface area contributed by atoms with Gasteiger partial charge in [0.05, 0.1) is 0 Å². The first kappa shape index (κ1) is 10.3. The lowest BCUT2D eigenvalue weighted by Crippen LogP contribution is -2.19. The van der Waals surface area contributed by atoms with Crippen molar-refractivity contribution in [3.8, 4) is 0 Å². The fourth-order valence-corrected chi connectivity index (χ4v) is 1.06. The monoisotopic (exact) mass is 210 g/mol. The molecule has 0 aliphatic carbocycles. The van der Waals surface area contributed by atoms with Gasteiger partial charge in [-0.25, -0.2) is 0 Å². The number of rotatable bonds is 1. The molecule has 0 aromatic heterocycles. The first-order valence-electron chi connectivity index (χ1n) is 3.41. The summed E-state index contributed by atoms with van der Waals surface area (Å²) in [7, 11) is 0. The highest BCUT2D eigenvalue weighted by molar-refractivity contribution is 6.30. The molecule has 1 aromatic rings. The van der Waals surface area contributed by atoms with Crippen LogP contribution < -0.4 is 0 Å². The van der Waals surface area contributed by atoms with Gasteiger partial charge in [-0.05, 0) is 17.7 Å². The summed E-state index contributed by atoms with van der Waals surface area (Å²) in [5.41, 5.74) is -0.250. The molecule has 0 aliphatic rings. The number of benzene rings is 1. The van der Waals surface area contributed by atoms with E-state index < -0.39 is 12.3 Å². The van der Waals surface area contributed by atoms with E-state index in [0.29, 0.717) is 0 Å². The predicted octanol–water partition coefficient (Wildman–Crippen LogP) is 2.94. The van der Waals surface area contributed by atoms with Crippen LogP contribution >= 0.6 is 11.6 Å². The number of halogens is 4. The van der Waals surface area contributed by atoms with Crippen LogP contribution in [0.4, 0.5) is 13.2 Å². The molecule has 0 radical (unpaired) electrons. The third-order valence-corrected chi connectivity index (χ3v) is 1.71. The van der Waals surface area contributed by atoms with E-state index in [-0.39, 0.29) is 10.6 Å². The van der Waals surface area contributed by atoms with Gasteiger partial charge < -0.3 is 5.11 Å². The Balaban J connectivity index is 2.96. The van der Waals surface area contributed by atoms with E-state index in [9.17, 15) is 13.2 Å². The van der Waals surface area contributed by atoms with E-state index in [1.807, 2.05) is 0 Å². The molecule has 13 heavy (non-hydrogen) atoms. The number of aliphatic hydroxyl groups excluding tert-OH is 1. The zero-order valence-corrected chi connectivity index (χ0v) is 7.10. The Bertz CT molecular complexity index is 298. The van der Waals surface area contributed by atoms with E-state index in [0.717, 1.165) is 6.07 Å². The van der Waals surface area contributed by atoms with Crippen LogP contribution in [0.3, 0.4) is 0 Å². The summed E-state index contributed by atoms with van der Waals surface area (Å²) in [5, 5.41) is 8.97. The van der Waals surface area contributed by atoms with Crippen molar-refractivity contribution in [3.63, 3.8) is 0 Å². The van der Waals surface area contributed by atoms with Gasteiger partial charge in [-0.3, -0.25) is 0 Å². The molecular formula is C8H6ClF3O. The molecule has 72 valence electrons. The maximum atomic E-state index is 12.0. The van der Waals surface area contributed by atoms with Crippen LogP contribution in [0.1, 0.15) is 11.7 Å². The first-order valence-corrected chi connectivity index (χ1v) is 3.79. The molecule has 0 heterocycles. The lowest BCUT2D eigenvalue weighted by molar-refractivity contribution is -0.206. The Hall–Kier alpha value is -0.740. The van der Waals surface area contributed by atoms with Crippen LogP contribution in [0.15, 0.2) is 24.3 Å². The van der Waals surface area contributed by atoms with Gasteiger partial charge in [0, 0.05) is 5.02 Å². The van der Waals surface area contributed by atoms with Crippen molar-refractivity contribution in [2.24, 2.45) is 0 Å². The van der Waals surface area contributed by atoms with E-state index in [1.165, 1.54) is 18.2 Å². The van der Waals surface area contributed by atoms with Crippen LogP contribution in [-0.4, -0.2) is 11.3 Å². The van der Waals surface area contributed by atoms with Crippen molar-refractivity contribution in [3.05, 3.63) is 34.9 Å². The Morgan fingerprint density at radius 2 is 1.92 bits per heavy atom. The van der Waals surface area contributed by atoms with Crippen molar-refractivity contribution in [2.45, 2.75) is 12.3 Å². The Morgan fingerprint density at radius 1 is 1.31 bits per heavy atom. The maximum Gasteiger partial charge on any atom is 0.418 e. The third kappa shape index (κ3) is 2.60. The number of aliphatic hydroxyl groups is 1. The highest BCUT2D eigenvalue weighted by Crippen LogP contribution is 2.32. The van der Waals surface area contributed by atoms with E-state index in [4.69, 9.17) is 16.7 Å². The zero-order valence-electron chi connectivity index (χ0n) is 6.35. The number of hydrogen-bond donors (Lipinski definition) is 1. The standard InChI is InChI=1S/C8H6ClF3O/c9-6-3-1-2-5(4-6)7(13)8(10,11)12/h1-4,7,13H. The summed E-state index contributed by atoms with van der Waals surface area (Å²) >= 11 is 5.46. The summed E-state index contributed by atoms with van der Waals surface area (Å²) in [6.07, 6.45) is -7.11. The van der Waals surface area contributed by atoms with E-state index in [2.05, 4.69) is 0 Å². The molecular weight excluding hydrogens is 205 g/mol. The smallest absolute Gasteiger partial charge is 0.379 e. The number of hydrogen-bond acceptors (Lipinski definition) is 1. The van der Waals surface area contributed by atoms with Crippen LogP contribution in [0.5, 0.6) is 0 Å². The quantitative estimate of drug-likeness (QED) is 0.756. The molecule has 5 heteroatoms. The predicted molar refractivity (Wildman–Crippen MR) is 42.5 cm³/mol. The summed E-state index contributed by atoms with van der Waals surface area (Å²) in [5.74, 6) is 0. The molecule has 1 aromatic carbocycles. The highest BCUT2D eigenvalue weighted by Gasteiger charge is 2.39. The molecule has 1 unspecified atom stereocenters. The van der Waals surface area contributed by atoms with Gasteiger partial charge in [0.15, 0.2) is 6.10 Å². The highest BCUT2D eigenvalue weighted by atomic mass is 35.5. The second-order valence-corrected chi connectivity index (χ2v) is 2.94. The zero-order chi connectivity index (χ0) is 10.1. The van der Waals surface area contributed by atoms with E-state index >= 15 is 0 Å². The Morgan fingerprint density at radius 3 is 2.38 bits per heavy atom. The average molecular weight is 211 g/mol.